The summed E-state index contributed by atoms with van der Waals surface area (Å²) in [4.78, 5) is 39.1. The molecule has 0 aliphatic carbocycles. The predicted octanol–water partition coefficient (Wildman–Crippen LogP) is 2.93. The molecule has 2 heterocycles. The van der Waals surface area contributed by atoms with Crippen LogP contribution in [0, 0.1) is 16.0 Å². The van der Waals surface area contributed by atoms with Gasteiger partial charge in [-0.3, -0.25) is 24.7 Å². The van der Waals surface area contributed by atoms with E-state index in [0.717, 1.165) is 0 Å². The molecule has 0 bridgehead atoms. The van der Waals surface area contributed by atoms with Crippen LogP contribution >= 0.6 is 0 Å². The number of hydrogen-bond donors (Lipinski definition) is 2. The largest absolute Gasteiger partial charge is 0.325 e. The normalized spacial score (nSPS) is 15.6. The second-order valence-electron chi connectivity index (χ2n) is 6.12. The molecule has 1 atom stereocenters. The van der Waals surface area contributed by atoms with Crippen molar-refractivity contribution in [3.05, 3.63) is 57.9 Å². The van der Waals surface area contributed by atoms with Gasteiger partial charge in [0, 0.05) is 18.5 Å². The van der Waals surface area contributed by atoms with Gasteiger partial charge in [-0.1, -0.05) is 13.8 Å². The summed E-state index contributed by atoms with van der Waals surface area (Å²) >= 11 is 0. The highest BCUT2D eigenvalue weighted by molar-refractivity contribution is 6.08. The van der Waals surface area contributed by atoms with Crippen LogP contribution in [0.1, 0.15) is 35.7 Å². The summed E-state index contributed by atoms with van der Waals surface area (Å²) in [7, 11) is 0. The second kappa shape index (κ2) is 6.31. The Bertz CT molecular complexity index is 864. The van der Waals surface area contributed by atoms with Crippen LogP contribution in [0.25, 0.3) is 0 Å². The average Bonchev–Trinajstić information content (AvgIpc) is 2.89. The number of hydrogen-bond acceptors (Lipinski definition) is 5. The maximum Gasteiger partial charge on any atom is 0.294 e. The van der Waals surface area contributed by atoms with E-state index in [4.69, 9.17) is 0 Å². The first-order chi connectivity index (χ1) is 11.9. The Balaban J connectivity index is 2.03. The zero-order valence-electron chi connectivity index (χ0n) is 13.6. The van der Waals surface area contributed by atoms with Gasteiger partial charge in [0.1, 0.15) is 5.69 Å². The average molecular weight is 340 g/mol. The van der Waals surface area contributed by atoms with E-state index in [2.05, 4.69) is 15.6 Å². The van der Waals surface area contributed by atoms with Crippen molar-refractivity contribution in [3.8, 4) is 0 Å². The molecule has 1 unspecified atom stereocenters. The van der Waals surface area contributed by atoms with Crippen LogP contribution in [-0.4, -0.2) is 21.7 Å². The first kappa shape index (κ1) is 16.6. The Kier molecular flexibility index (Phi) is 4.18. The summed E-state index contributed by atoms with van der Waals surface area (Å²) in [5.41, 5.74) is 1.12. The van der Waals surface area contributed by atoms with E-state index >= 15 is 0 Å². The Morgan fingerprint density at radius 3 is 2.76 bits per heavy atom. The summed E-state index contributed by atoms with van der Waals surface area (Å²) < 4.78 is 0. The van der Waals surface area contributed by atoms with E-state index in [0.29, 0.717) is 11.3 Å². The molecule has 8 heteroatoms. The summed E-state index contributed by atoms with van der Waals surface area (Å²) in [6.07, 6.45) is 2.90. The molecular weight excluding hydrogens is 324 g/mol. The lowest BCUT2D eigenvalue weighted by atomic mass is 9.89. The standard InChI is InChI=1S/C17H16N4O4/c1-9(2)15-11-6-13(20-16(22)10-4-3-5-18-8-10)14(21(24)25)7-12(11)19-17(15)23/h3-9,15H,1-2H3,(H,19,23)(H,20,22). The molecule has 128 valence electrons. The number of aromatic nitrogens is 1. The molecule has 1 aliphatic heterocycles. The van der Waals surface area contributed by atoms with Crippen molar-refractivity contribution in [2.24, 2.45) is 5.92 Å². The van der Waals surface area contributed by atoms with E-state index in [-0.39, 0.29) is 28.8 Å². The van der Waals surface area contributed by atoms with Crippen molar-refractivity contribution in [2.45, 2.75) is 19.8 Å². The first-order valence-electron chi connectivity index (χ1n) is 7.73. The minimum Gasteiger partial charge on any atom is -0.325 e. The number of anilines is 2. The number of nitro benzene ring substituents is 1. The van der Waals surface area contributed by atoms with Gasteiger partial charge in [0.2, 0.25) is 5.91 Å². The molecule has 0 saturated carbocycles. The number of amides is 2. The number of nitrogens with one attached hydrogen (secondary N) is 2. The molecule has 1 aromatic heterocycles. The molecule has 0 saturated heterocycles. The fraction of sp³-hybridized carbons (Fsp3) is 0.235. The zero-order valence-corrected chi connectivity index (χ0v) is 13.6. The number of nitrogens with zero attached hydrogens (tertiary/aromatic N) is 2. The highest BCUT2D eigenvalue weighted by Gasteiger charge is 2.35. The molecule has 1 aromatic carbocycles. The van der Waals surface area contributed by atoms with Gasteiger partial charge in [-0.15, -0.1) is 0 Å². The number of carbonyl (C=O) groups is 2. The zero-order chi connectivity index (χ0) is 18.1. The Morgan fingerprint density at radius 1 is 1.40 bits per heavy atom. The monoisotopic (exact) mass is 340 g/mol. The second-order valence-corrected chi connectivity index (χ2v) is 6.12. The first-order valence-corrected chi connectivity index (χ1v) is 7.73. The Labute approximate surface area is 143 Å². The topological polar surface area (TPSA) is 114 Å². The van der Waals surface area contributed by atoms with E-state index < -0.39 is 16.7 Å². The molecule has 8 nitrogen and oxygen atoms in total. The van der Waals surface area contributed by atoms with Crippen molar-refractivity contribution >= 4 is 28.9 Å². The van der Waals surface area contributed by atoms with Crippen LogP contribution in [0.5, 0.6) is 0 Å². The van der Waals surface area contributed by atoms with E-state index in [1.54, 1.807) is 12.1 Å². The van der Waals surface area contributed by atoms with Crippen LogP contribution in [0.4, 0.5) is 17.1 Å². The fourth-order valence-electron chi connectivity index (χ4n) is 2.93. The molecule has 0 spiro atoms. The lowest BCUT2D eigenvalue weighted by Gasteiger charge is -2.14. The van der Waals surface area contributed by atoms with Crippen LogP contribution in [0.2, 0.25) is 0 Å². The SMILES string of the molecule is CC(C)C1C(=O)Nc2cc([N+](=O)[O-])c(NC(=O)c3cccnc3)cc21. The molecule has 25 heavy (non-hydrogen) atoms. The summed E-state index contributed by atoms with van der Waals surface area (Å²) in [5.74, 6) is -1.10. The molecule has 1 aliphatic rings. The van der Waals surface area contributed by atoms with Crippen LogP contribution in [-0.2, 0) is 4.79 Å². The van der Waals surface area contributed by atoms with E-state index in [9.17, 15) is 19.7 Å². The minimum atomic E-state index is -0.589. The van der Waals surface area contributed by atoms with Crippen molar-refractivity contribution in [1.82, 2.24) is 4.98 Å². The van der Waals surface area contributed by atoms with Gasteiger partial charge in [-0.2, -0.15) is 0 Å². The highest BCUT2D eigenvalue weighted by atomic mass is 16.6. The fourth-order valence-corrected chi connectivity index (χ4v) is 2.93. The van der Waals surface area contributed by atoms with E-state index in [1.807, 2.05) is 13.8 Å². The third-order valence-electron chi connectivity index (χ3n) is 4.08. The van der Waals surface area contributed by atoms with Gasteiger partial charge < -0.3 is 10.6 Å². The minimum absolute atomic E-state index is 0.0181. The van der Waals surface area contributed by atoms with Gasteiger partial charge in [0.15, 0.2) is 0 Å². The third kappa shape index (κ3) is 3.06. The van der Waals surface area contributed by atoms with E-state index in [1.165, 1.54) is 24.5 Å². The summed E-state index contributed by atoms with van der Waals surface area (Å²) in [6.45, 7) is 3.79. The number of benzene rings is 1. The molecule has 3 rings (SSSR count). The highest BCUT2D eigenvalue weighted by Crippen LogP contribution is 2.42. The van der Waals surface area contributed by atoms with Gasteiger partial charge in [0.05, 0.1) is 22.1 Å². The van der Waals surface area contributed by atoms with Gasteiger partial charge in [-0.05, 0) is 29.7 Å². The Morgan fingerprint density at radius 2 is 2.16 bits per heavy atom. The van der Waals surface area contributed by atoms with Gasteiger partial charge >= 0.3 is 0 Å². The van der Waals surface area contributed by atoms with Crippen molar-refractivity contribution in [2.75, 3.05) is 10.6 Å². The van der Waals surface area contributed by atoms with Crippen LogP contribution < -0.4 is 10.6 Å². The number of rotatable bonds is 4. The molecule has 0 radical (unpaired) electrons. The number of fused-ring (bicyclic) bond motifs is 1. The molecule has 2 amide bonds. The van der Waals surface area contributed by atoms with Gasteiger partial charge in [0.25, 0.3) is 11.6 Å². The molecular formula is C17H16N4O4. The van der Waals surface area contributed by atoms with Crippen LogP contribution in [0.3, 0.4) is 0 Å². The Hall–Kier alpha value is -3.29. The lowest BCUT2D eigenvalue weighted by Crippen LogP contribution is -2.17. The number of carbonyl (C=O) groups excluding carboxylic acids is 2. The van der Waals surface area contributed by atoms with Gasteiger partial charge in [-0.25, -0.2) is 0 Å². The molecule has 2 aromatic rings. The molecule has 0 fully saturated rings. The summed E-state index contributed by atoms with van der Waals surface area (Å²) in [5, 5.41) is 16.6. The third-order valence-corrected chi connectivity index (χ3v) is 4.08. The smallest absolute Gasteiger partial charge is 0.294 e. The predicted molar refractivity (Wildman–Crippen MR) is 91.5 cm³/mol. The summed E-state index contributed by atoms with van der Waals surface area (Å²) in [6, 6.07) is 5.95. The lowest BCUT2D eigenvalue weighted by molar-refractivity contribution is -0.383. The van der Waals surface area contributed by atoms with Crippen molar-refractivity contribution in [3.63, 3.8) is 0 Å². The van der Waals surface area contributed by atoms with Crippen LogP contribution in [0.15, 0.2) is 36.7 Å². The van der Waals surface area contributed by atoms with Crippen molar-refractivity contribution in [1.29, 1.82) is 0 Å². The number of pyridine rings is 1. The quantitative estimate of drug-likeness (QED) is 0.656. The maximum absolute atomic E-state index is 12.3. The van der Waals surface area contributed by atoms with Crippen molar-refractivity contribution < 1.29 is 14.5 Å². The molecule has 2 N–H and O–H groups in total. The maximum atomic E-state index is 12.3. The number of nitro groups is 1.